The fraction of sp³-hybridized carbons (Fsp3) is 0.0667. The molecule has 2 aromatic carbocycles. The molecule has 0 spiro atoms. The van der Waals surface area contributed by atoms with Gasteiger partial charge in [0.1, 0.15) is 5.75 Å². The van der Waals surface area contributed by atoms with Crippen LogP contribution in [0.15, 0.2) is 42.5 Å². The van der Waals surface area contributed by atoms with Gasteiger partial charge >= 0.3 is 5.97 Å². The molecule has 0 saturated heterocycles. The minimum atomic E-state index is -0.624. The minimum Gasteiger partial charge on any atom is -0.465 e. The average Bonchev–Trinajstić information content (AvgIpc) is 2.49. The van der Waals surface area contributed by atoms with Gasteiger partial charge in [-0.2, -0.15) is 5.26 Å². The van der Waals surface area contributed by atoms with Crippen LogP contribution in [0.2, 0.25) is 0 Å². The van der Waals surface area contributed by atoms with E-state index in [0.717, 1.165) is 6.07 Å². The van der Waals surface area contributed by atoms with Crippen LogP contribution in [-0.2, 0) is 4.74 Å². The third-order valence-electron chi connectivity index (χ3n) is 2.56. The van der Waals surface area contributed by atoms with E-state index in [0.29, 0.717) is 11.3 Å². The topological polar surface area (TPSA) is 59.3 Å². The normalized spacial score (nSPS) is 9.65. The standard InChI is InChI=1S/C15H10FNO3/c1-19-15(18)11-3-5-12(6-4-11)20-14-7-2-10(9-17)8-13(14)16/h2-8H,1H3. The van der Waals surface area contributed by atoms with E-state index in [1.165, 1.54) is 43.5 Å². The van der Waals surface area contributed by atoms with Gasteiger partial charge in [-0.1, -0.05) is 0 Å². The van der Waals surface area contributed by atoms with Crippen molar-refractivity contribution in [2.45, 2.75) is 0 Å². The highest BCUT2D eigenvalue weighted by Crippen LogP contribution is 2.25. The number of methoxy groups -OCH3 is 1. The first-order chi connectivity index (χ1) is 9.63. The summed E-state index contributed by atoms with van der Waals surface area (Å²) in [4.78, 5) is 11.3. The number of carbonyl (C=O) groups is 1. The smallest absolute Gasteiger partial charge is 0.337 e. The van der Waals surface area contributed by atoms with Gasteiger partial charge in [-0.05, 0) is 42.5 Å². The molecular weight excluding hydrogens is 261 g/mol. The molecule has 0 N–H and O–H groups in total. The van der Waals surface area contributed by atoms with Crippen molar-refractivity contribution in [2.75, 3.05) is 7.11 Å². The maximum atomic E-state index is 13.6. The van der Waals surface area contributed by atoms with Crippen molar-refractivity contribution in [3.8, 4) is 17.6 Å². The van der Waals surface area contributed by atoms with Crippen LogP contribution in [0.5, 0.6) is 11.5 Å². The summed E-state index contributed by atoms with van der Waals surface area (Å²) in [6.07, 6.45) is 0. The fourth-order valence-electron chi connectivity index (χ4n) is 1.56. The second-order valence-electron chi connectivity index (χ2n) is 3.88. The van der Waals surface area contributed by atoms with Gasteiger partial charge in [-0.15, -0.1) is 0 Å². The second kappa shape index (κ2) is 5.85. The third kappa shape index (κ3) is 2.93. The van der Waals surface area contributed by atoms with Gasteiger partial charge in [0.05, 0.1) is 24.3 Å². The molecule has 0 aliphatic rings. The molecular formula is C15H10FNO3. The average molecular weight is 271 g/mol. The van der Waals surface area contributed by atoms with Crippen molar-refractivity contribution in [1.29, 1.82) is 5.26 Å². The van der Waals surface area contributed by atoms with Gasteiger partial charge < -0.3 is 9.47 Å². The van der Waals surface area contributed by atoms with Crippen molar-refractivity contribution in [2.24, 2.45) is 0 Å². The number of hydrogen-bond donors (Lipinski definition) is 0. The molecule has 0 amide bonds. The minimum absolute atomic E-state index is 0.00909. The van der Waals surface area contributed by atoms with E-state index in [1.807, 2.05) is 6.07 Å². The molecule has 0 aliphatic carbocycles. The molecule has 0 atom stereocenters. The lowest BCUT2D eigenvalue weighted by Gasteiger charge is -2.07. The van der Waals surface area contributed by atoms with Gasteiger partial charge in [-0.25, -0.2) is 9.18 Å². The Bertz CT molecular complexity index is 675. The zero-order valence-corrected chi connectivity index (χ0v) is 10.6. The molecule has 0 saturated carbocycles. The molecule has 2 rings (SSSR count). The highest BCUT2D eigenvalue weighted by Gasteiger charge is 2.08. The number of nitriles is 1. The largest absolute Gasteiger partial charge is 0.465 e. The fourth-order valence-corrected chi connectivity index (χ4v) is 1.56. The Balaban J connectivity index is 2.18. The Kier molecular flexibility index (Phi) is 3.96. The number of rotatable bonds is 3. The van der Waals surface area contributed by atoms with Gasteiger partial charge in [0.2, 0.25) is 0 Å². The SMILES string of the molecule is COC(=O)c1ccc(Oc2ccc(C#N)cc2F)cc1. The van der Waals surface area contributed by atoms with Crippen molar-refractivity contribution >= 4 is 5.97 Å². The van der Waals surface area contributed by atoms with E-state index >= 15 is 0 Å². The predicted octanol–water partition coefficient (Wildman–Crippen LogP) is 3.28. The number of hydrogen-bond acceptors (Lipinski definition) is 4. The lowest BCUT2D eigenvalue weighted by atomic mass is 10.2. The van der Waals surface area contributed by atoms with Crippen molar-refractivity contribution in [3.05, 3.63) is 59.4 Å². The van der Waals surface area contributed by atoms with Crippen LogP contribution < -0.4 is 4.74 Å². The lowest BCUT2D eigenvalue weighted by Crippen LogP contribution is -2.00. The van der Waals surface area contributed by atoms with Crippen LogP contribution in [0.1, 0.15) is 15.9 Å². The first-order valence-corrected chi connectivity index (χ1v) is 5.70. The molecule has 0 unspecified atom stereocenters. The zero-order valence-electron chi connectivity index (χ0n) is 10.6. The molecule has 0 fully saturated rings. The van der Waals surface area contributed by atoms with Gasteiger partial charge in [0, 0.05) is 0 Å². The molecule has 0 aliphatic heterocycles. The van der Waals surface area contributed by atoms with Crippen LogP contribution in [0, 0.1) is 17.1 Å². The molecule has 0 bridgehead atoms. The Morgan fingerprint density at radius 1 is 1.20 bits per heavy atom. The van der Waals surface area contributed by atoms with Crippen LogP contribution in [0.25, 0.3) is 0 Å². The third-order valence-corrected chi connectivity index (χ3v) is 2.56. The molecule has 0 radical (unpaired) electrons. The Morgan fingerprint density at radius 3 is 2.45 bits per heavy atom. The van der Waals surface area contributed by atoms with E-state index in [9.17, 15) is 9.18 Å². The van der Waals surface area contributed by atoms with Crippen LogP contribution >= 0.6 is 0 Å². The van der Waals surface area contributed by atoms with Crippen LogP contribution in [0.4, 0.5) is 4.39 Å². The molecule has 20 heavy (non-hydrogen) atoms. The number of esters is 1. The summed E-state index contributed by atoms with van der Waals surface area (Å²) in [7, 11) is 1.29. The Hall–Kier alpha value is -2.87. The summed E-state index contributed by atoms with van der Waals surface area (Å²) in [5.74, 6) is -0.696. The first kappa shape index (κ1) is 13.6. The molecule has 4 nitrogen and oxygen atoms in total. The Morgan fingerprint density at radius 2 is 1.90 bits per heavy atom. The number of benzene rings is 2. The summed E-state index contributed by atoms with van der Waals surface area (Å²) in [6, 6.07) is 11.9. The quantitative estimate of drug-likeness (QED) is 0.804. The summed E-state index contributed by atoms with van der Waals surface area (Å²) < 4.78 is 23.5. The number of carbonyl (C=O) groups excluding carboxylic acids is 1. The number of nitrogens with zero attached hydrogens (tertiary/aromatic N) is 1. The van der Waals surface area contributed by atoms with Gasteiger partial charge in [-0.3, -0.25) is 0 Å². The van der Waals surface area contributed by atoms with E-state index in [2.05, 4.69) is 4.74 Å². The second-order valence-corrected chi connectivity index (χ2v) is 3.88. The van der Waals surface area contributed by atoms with Gasteiger partial charge in [0.25, 0.3) is 0 Å². The van der Waals surface area contributed by atoms with E-state index < -0.39 is 11.8 Å². The lowest BCUT2D eigenvalue weighted by molar-refractivity contribution is 0.0600. The maximum absolute atomic E-state index is 13.6. The number of halogens is 1. The van der Waals surface area contributed by atoms with E-state index in [-0.39, 0.29) is 11.3 Å². The van der Waals surface area contributed by atoms with E-state index in [1.54, 1.807) is 0 Å². The van der Waals surface area contributed by atoms with Crippen LogP contribution in [0.3, 0.4) is 0 Å². The zero-order chi connectivity index (χ0) is 14.5. The molecule has 2 aromatic rings. The number of ether oxygens (including phenoxy) is 2. The summed E-state index contributed by atoms with van der Waals surface area (Å²) in [5, 5.41) is 8.65. The maximum Gasteiger partial charge on any atom is 0.337 e. The van der Waals surface area contributed by atoms with Crippen molar-refractivity contribution in [1.82, 2.24) is 0 Å². The predicted molar refractivity (Wildman–Crippen MR) is 69.0 cm³/mol. The monoisotopic (exact) mass is 271 g/mol. The molecule has 100 valence electrons. The van der Waals surface area contributed by atoms with Crippen molar-refractivity contribution < 1.29 is 18.7 Å². The summed E-state index contributed by atoms with van der Waals surface area (Å²) in [6.45, 7) is 0. The first-order valence-electron chi connectivity index (χ1n) is 5.70. The summed E-state index contributed by atoms with van der Waals surface area (Å²) in [5.41, 5.74) is 0.594. The highest BCUT2D eigenvalue weighted by atomic mass is 19.1. The molecule has 0 aromatic heterocycles. The van der Waals surface area contributed by atoms with E-state index in [4.69, 9.17) is 10.00 Å². The Labute approximate surface area is 115 Å². The summed E-state index contributed by atoms with van der Waals surface area (Å²) >= 11 is 0. The van der Waals surface area contributed by atoms with Gasteiger partial charge in [0.15, 0.2) is 11.6 Å². The van der Waals surface area contributed by atoms with Crippen LogP contribution in [-0.4, -0.2) is 13.1 Å². The molecule has 5 heteroatoms. The van der Waals surface area contributed by atoms with Crippen molar-refractivity contribution in [3.63, 3.8) is 0 Å². The highest BCUT2D eigenvalue weighted by molar-refractivity contribution is 5.89. The molecule has 0 heterocycles.